The van der Waals surface area contributed by atoms with Gasteiger partial charge in [0.2, 0.25) is 5.95 Å². The van der Waals surface area contributed by atoms with Gasteiger partial charge in [-0.05, 0) is 24.6 Å². The number of benzene rings is 1. The highest BCUT2D eigenvalue weighted by atomic mass is 16.5. The Morgan fingerprint density at radius 1 is 1.22 bits per heavy atom. The average Bonchev–Trinajstić information content (AvgIpc) is 3.29. The second-order valence-corrected chi connectivity index (χ2v) is 7.28. The molecule has 1 fully saturated rings. The van der Waals surface area contributed by atoms with E-state index >= 15 is 0 Å². The third-order valence-electron chi connectivity index (χ3n) is 5.42. The summed E-state index contributed by atoms with van der Waals surface area (Å²) in [6, 6.07) is 4.70. The second kappa shape index (κ2) is 9.27. The number of morpholine rings is 1. The summed E-state index contributed by atoms with van der Waals surface area (Å²) in [4.78, 5) is 30.9. The number of carbonyl (C=O) groups is 2. The highest BCUT2D eigenvalue weighted by Crippen LogP contribution is 2.38. The van der Waals surface area contributed by atoms with Gasteiger partial charge >= 0.3 is 5.97 Å². The SMILES string of the molecule is COC(=O)C1=C(C)Nc2ncnn2C1c1ccc(OCC(=O)N2CCOCC2)c(OC)c1. The molecule has 0 radical (unpaired) electrons. The monoisotopic (exact) mass is 443 g/mol. The third kappa shape index (κ3) is 4.11. The summed E-state index contributed by atoms with van der Waals surface area (Å²) in [5.74, 6) is 0.772. The van der Waals surface area contributed by atoms with Gasteiger partial charge in [0.25, 0.3) is 5.91 Å². The van der Waals surface area contributed by atoms with Gasteiger partial charge < -0.3 is 29.2 Å². The van der Waals surface area contributed by atoms with Crippen LogP contribution < -0.4 is 14.8 Å². The van der Waals surface area contributed by atoms with Gasteiger partial charge in [-0.1, -0.05) is 6.07 Å². The van der Waals surface area contributed by atoms with Crippen LogP contribution in [0.15, 0.2) is 35.8 Å². The van der Waals surface area contributed by atoms with Gasteiger partial charge in [0.15, 0.2) is 18.1 Å². The first-order chi connectivity index (χ1) is 15.5. The van der Waals surface area contributed by atoms with E-state index in [1.807, 2.05) is 0 Å². The average molecular weight is 443 g/mol. The zero-order valence-corrected chi connectivity index (χ0v) is 18.2. The molecule has 2 aliphatic rings. The molecule has 0 aliphatic carbocycles. The normalized spacial score (nSPS) is 18.0. The van der Waals surface area contributed by atoms with Crippen molar-refractivity contribution in [3.8, 4) is 11.5 Å². The van der Waals surface area contributed by atoms with Crippen LogP contribution in [0.4, 0.5) is 5.95 Å². The van der Waals surface area contributed by atoms with Crippen molar-refractivity contribution in [2.24, 2.45) is 0 Å². The van der Waals surface area contributed by atoms with Crippen LogP contribution >= 0.6 is 0 Å². The van der Waals surface area contributed by atoms with Crippen LogP contribution in [0.2, 0.25) is 0 Å². The lowest BCUT2D eigenvalue weighted by molar-refractivity contribution is -0.137. The number of nitrogens with one attached hydrogen (secondary N) is 1. The molecule has 32 heavy (non-hydrogen) atoms. The first kappa shape index (κ1) is 21.6. The largest absolute Gasteiger partial charge is 0.493 e. The number of fused-ring (bicyclic) bond motifs is 1. The Balaban J connectivity index is 1.60. The summed E-state index contributed by atoms with van der Waals surface area (Å²) in [6.45, 7) is 3.83. The van der Waals surface area contributed by atoms with Gasteiger partial charge in [0.05, 0.1) is 33.0 Å². The van der Waals surface area contributed by atoms with E-state index in [-0.39, 0.29) is 12.5 Å². The smallest absolute Gasteiger partial charge is 0.338 e. The quantitative estimate of drug-likeness (QED) is 0.652. The molecule has 3 heterocycles. The number of hydrogen-bond acceptors (Lipinski definition) is 9. The standard InChI is InChI=1S/C21H25N5O6/c1-13-18(20(28)30-3)19(26-21(24-13)22-12-23-26)14-4-5-15(16(10-14)29-2)32-11-17(27)25-6-8-31-9-7-25/h4-5,10,12,19H,6-9,11H2,1-3H3,(H,22,23,24). The van der Waals surface area contributed by atoms with E-state index in [0.717, 1.165) is 5.56 Å². The minimum atomic E-state index is -0.570. The number of carbonyl (C=O) groups excluding carboxylic acids is 2. The van der Waals surface area contributed by atoms with Crippen LogP contribution in [-0.4, -0.2) is 78.7 Å². The van der Waals surface area contributed by atoms with Gasteiger partial charge in [0, 0.05) is 18.8 Å². The molecule has 0 spiro atoms. The lowest BCUT2D eigenvalue weighted by Gasteiger charge is -2.28. The molecule has 1 aromatic heterocycles. The first-order valence-electron chi connectivity index (χ1n) is 10.1. The summed E-state index contributed by atoms with van der Waals surface area (Å²) in [6.07, 6.45) is 1.41. The van der Waals surface area contributed by atoms with Crippen LogP contribution in [0.5, 0.6) is 11.5 Å². The minimum Gasteiger partial charge on any atom is -0.493 e. The molecule has 2 aliphatic heterocycles. The maximum atomic E-state index is 12.6. The number of nitrogens with zero attached hydrogens (tertiary/aromatic N) is 4. The molecule has 170 valence electrons. The van der Waals surface area contributed by atoms with E-state index in [2.05, 4.69) is 15.4 Å². The number of hydrogen-bond donors (Lipinski definition) is 1. The van der Waals surface area contributed by atoms with Crippen molar-refractivity contribution < 1.29 is 28.5 Å². The fraction of sp³-hybridized carbons (Fsp3) is 0.429. The molecular formula is C21H25N5O6. The molecule has 1 aromatic carbocycles. The Hall–Kier alpha value is -3.60. The van der Waals surface area contributed by atoms with E-state index in [0.29, 0.717) is 55.0 Å². The van der Waals surface area contributed by atoms with Crippen LogP contribution in [0.25, 0.3) is 0 Å². The Bertz CT molecular complexity index is 1040. The molecule has 1 saturated heterocycles. The summed E-state index contributed by atoms with van der Waals surface area (Å²) >= 11 is 0. The molecule has 1 N–H and O–H groups in total. The third-order valence-corrected chi connectivity index (χ3v) is 5.42. The van der Waals surface area contributed by atoms with E-state index in [4.69, 9.17) is 18.9 Å². The van der Waals surface area contributed by atoms with Gasteiger partial charge in [-0.25, -0.2) is 9.48 Å². The number of methoxy groups -OCH3 is 2. The molecule has 11 heteroatoms. The van der Waals surface area contributed by atoms with E-state index in [1.54, 1.807) is 34.7 Å². The maximum absolute atomic E-state index is 12.6. The highest BCUT2D eigenvalue weighted by Gasteiger charge is 2.34. The van der Waals surface area contributed by atoms with Crippen LogP contribution in [-0.2, 0) is 19.1 Å². The van der Waals surface area contributed by atoms with E-state index < -0.39 is 12.0 Å². The molecule has 1 unspecified atom stereocenters. The van der Waals surface area contributed by atoms with E-state index in [9.17, 15) is 9.59 Å². The Morgan fingerprint density at radius 3 is 2.72 bits per heavy atom. The predicted molar refractivity (Wildman–Crippen MR) is 112 cm³/mol. The molecular weight excluding hydrogens is 418 g/mol. The number of rotatable bonds is 6. The van der Waals surface area contributed by atoms with Crippen molar-refractivity contribution >= 4 is 17.8 Å². The van der Waals surface area contributed by atoms with Crippen molar-refractivity contribution in [1.82, 2.24) is 19.7 Å². The summed E-state index contributed by atoms with van der Waals surface area (Å²) in [5, 5.41) is 7.34. The first-order valence-corrected chi connectivity index (χ1v) is 10.1. The number of amides is 1. The van der Waals surface area contributed by atoms with Crippen LogP contribution in [0.3, 0.4) is 0 Å². The molecule has 11 nitrogen and oxygen atoms in total. The zero-order chi connectivity index (χ0) is 22.7. The van der Waals surface area contributed by atoms with Crippen LogP contribution in [0.1, 0.15) is 18.5 Å². The van der Waals surface area contributed by atoms with Gasteiger partial charge in [0.1, 0.15) is 12.4 Å². The summed E-state index contributed by atoms with van der Waals surface area (Å²) < 4.78 is 23.1. The minimum absolute atomic E-state index is 0.108. The molecule has 0 saturated carbocycles. The highest BCUT2D eigenvalue weighted by molar-refractivity contribution is 5.92. The second-order valence-electron chi connectivity index (χ2n) is 7.28. The van der Waals surface area contributed by atoms with Crippen molar-refractivity contribution in [2.75, 3.05) is 52.4 Å². The van der Waals surface area contributed by atoms with Crippen molar-refractivity contribution in [1.29, 1.82) is 0 Å². The fourth-order valence-corrected chi connectivity index (χ4v) is 3.79. The maximum Gasteiger partial charge on any atom is 0.338 e. The molecule has 1 atom stereocenters. The van der Waals surface area contributed by atoms with Crippen LogP contribution in [0, 0.1) is 0 Å². The summed E-state index contributed by atoms with van der Waals surface area (Å²) in [5.41, 5.74) is 1.75. The number of allylic oxidation sites excluding steroid dienone is 1. The number of ether oxygens (including phenoxy) is 4. The Kier molecular flexibility index (Phi) is 6.26. The molecule has 0 bridgehead atoms. The Labute approximate surface area is 184 Å². The zero-order valence-electron chi connectivity index (χ0n) is 18.2. The topological polar surface area (TPSA) is 117 Å². The van der Waals surface area contributed by atoms with Crippen molar-refractivity contribution in [3.63, 3.8) is 0 Å². The van der Waals surface area contributed by atoms with Gasteiger partial charge in [-0.15, -0.1) is 0 Å². The van der Waals surface area contributed by atoms with Crippen molar-refractivity contribution in [2.45, 2.75) is 13.0 Å². The summed E-state index contributed by atoms with van der Waals surface area (Å²) in [7, 11) is 2.85. The molecule has 4 rings (SSSR count). The van der Waals surface area contributed by atoms with Crippen molar-refractivity contribution in [3.05, 3.63) is 41.4 Å². The van der Waals surface area contributed by atoms with E-state index in [1.165, 1.54) is 20.5 Å². The number of aromatic nitrogens is 3. The van der Waals surface area contributed by atoms with Gasteiger partial charge in [-0.2, -0.15) is 10.1 Å². The molecule has 2 aromatic rings. The number of esters is 1. The Morgan fingerprint density at radius 2 is 2.00 bits per heavy atom. The number of anilines is 1. The fourth-order valence-electron chi connectivity index (χ4n) is 3.79. The van der Waals surface area contributed by atoms with Gasteiger partial charge in [-0.3, -0.25) is 4.79 Å². The molecule has 1 amide bonds. The predicted octanol–water partition coefficient (Wildman–Crippen LogP) is 0.986. The lowest BCUT2D eigenvalue weighted by Crippen LogP contribution is -2.43. The lowest BCUT2D eigenvalue weighted by atomic mass is 9.95.